The Labute approximate surface area is 159 Å². The number of nitrogens with zero attached hydrogens (tertiary/aromatic N) is 3. The fourth-order valence-corrected chi connectivity index (χ4v) is 4.69. The summed E-state index contributed by atoms with van der Waals surface area (Å²) in [5.41, 5.74) is 4.07. The maximum Gasteiger partial charge on any atom is 0.239 e. The van der Waals surface area contributed by atoms with E-state index >= 15 is 0 Å². The molecular formula is C22H35N3O. The number of benzene rings is 1. The Morgan fingerprint density at radius 3 is 2.27 bits per heavy atom. The van der Waals surface area contributed by atoms with Gasteiger partial charge in [-0.2, -0.15) is 0 Å². The number of aryl methyl sites for hydroxylation is 1. The van der Waals surface area contributed by atoms with Crippen LogP contribution in [-0.2, 0) is 4.79 Å². The Bertz CT molecular complexity index is 626. The highest BCUT2D eigenvalue weighted by molar-refractivity contribution is 5.81. The molecular weight excluding hydrogens is 322 g/mol. The van der Waals surface area contributed by atoms with E-state index in [2.05, 4.69) is 67.5 Å². The number of carbonyl (C=O) groups excluding carboxylic acids is 1. The monoisotopic (exact) mass is 357 g/mol. The van der Waals surface area contributed by atoms with Crippen molar-refractivity contribution in [1.29, 1.82) is 0 Å². The van der Waals surface area contributed by atoms with Crippen molar-refractivity contribution in [2.24, 2.45) is 11.8 Å². The number of amides is 1. The zero-order valence-electron chi connectivity index (χ0n) is 17.2. The lowest BCUT2D eigenvalue weighted by Gasteiger charge is -2.42. The number of carbonyl (C=O) groups is 1. The lowest BCUT2D eigenvalue weighted by atomic mass is 9.91. The molecule has 3 rings (SSSR count). The van der Waals surface area contributed by atoms with Gasteiger partial charge in [-0.25, -0.2) is 0 Å². The summed E-state index contributed by atoms with van der Waals surface area (Å²) in [6.07, 6.45) is 1.24. The van der Waals surface area contributed by atoms with Crippen molar-refractivity contribution in [2.75, 3.05) is 44.2 Å². The highest BCUT2D eigenvalue weighted by atomic mass is 16.2. The largest absolute Gasteiger partial charge is 0.369 e. The second kappa shape index (κ2) is 7.99. The van der Waals surface area contributed by atoms with Gasteiger partial charge < -0.3 is 9.80 Å². The molecule has 144 valence electrons. The van der Waals surface area contributed by atoms with Crippen LogP contribution in [0.3, 0.4) is 0 Å². The molecule has 2 aliphatic heterocycles. The van der Waals surface area contributed by atoms with Gasteiger partial charge in [-0.1, -0.05) is 26.0 Å². The SMILES string of the molecule is Cc1cccc(N2CCN([C@@H](C)C(=O)N3C[C@H](C)C[C@H](C)C3)CC2)c1C. The molecule has 2 fully saturated rings. The van der Waals surface area contributed by atoms with Crippen LogP contribution >= 0.6 is 0 Å². The molecule has 3 atom stereocenters. The van der Waals surface area contributed by atoms with Crippen LogP contribution in [0.25, 0.3) is 0 Å². The molecule has 0 saturated carbocycles. The van der Waals surface area contributed by atoms with Gasteiger partial charge in [0.25, 0.3) is 0 Å². The van der Waals surface area contributed by atoms with Gasteiger partial charge in [-0.05, 0) is 56.2 Å². The van der Waals surface area contributed by atoms with Crippen LogP contribution in [0.5, 0.6) is 0 Å². The number of likely N-dealkylation sites (tertiary alicyclic amines) is 1. The van der Waals surface area contributed by atoms with E-state index in [9.17, 15) is 4.79 Å². The van der Waals surface area contributed by atoms with Gasteiger partial charge in [0.05, 0.1) is 6.04 Å². The zero-order chi connectivity index (χ0) is 18.8. The summed E-state index contributed by atoms with van der Waals surface area (Å²) in [4.78, 5) is 20.0. The average molecular weight is 358 g/mol. The van der Waals surface area contributed by atoms with Gasteiger partial charge in [0.15, 0.2) is 0 Å². The first-order valence-electron chi connectivity index (χ1n) is 10.2. The summed E-state index contributed by atoms with van der Waals surface area (Å²) in [6, 6.07) is 6.54. The molecule has 4 nitrogen and oxygen atoms in total. The molecule has 0 bridgehead atoms. The number of hydrogen-bond acceptors (Lipinski definition) is 3. The van der Waals surface area contributed by atoms with Crippen molar-refractivity contribution in [3.63, 3.8) is 0 Å². The molecule has 26 heavy (non-hydrogen) atoms. The molecule has 0 N–H and O–H groups in total. The summed E-state index contributed by atoms with van der Waals surface area (Å²) in [5, 5.41) is 0. The quantitative estimate of drug-likeness (QED) is 0.830. The van der Waals surface area contributed by atoms with E-state index in [0.717, 1.165) is 39.3 Å². The standard InChI is InChI=1S/C22H35N3O/c1-16-13-17(2)15-25(14-16)22(26)20(5)23-9-11-24(12-10-23)21-8-6-7-18(3)19(21)4/h6-8,16-17,20H,9-15H2,1-5H3/t16-,17+,20-/m0/s1. The molecule has 1 aromatic carbocycles. The van der Waals surface area contributed by atoms with E-state index in [1.807, 2.05) is 0 Å². The Balaban J connectivity index is 1.59. The molecule has 2 aliphatic rings. The Morgan fingerprint density at radius 2 is 1.65 bits per heavy atom. The molecule has 0 aliphatic carbocycles. The maximum absolute atomic E-state index is 13.0. The molecule has 1 amide bonds. The molecule has 0 unspecified atom stereocenters. The minimum atomic E-state index is -0.00624. The number of piperazine rings is 1. The highest BCUT2D eigenvalue weighted by Gasteiger charge is 2.32. The first-order valence-corrected chi connectivity index (χ1v) is 10.2. The van der Waals surface area contributed by atoms with Crippen LogP contribution in [0.2, 0.25) is 0 Å². The molecule has 0 aromatic heterocycles. The molecule has 2 saturated heterocycles. The van der Waals surface area contributed by atoms with Crippen molar-refractivity contribution in [2.45, 2.75) is 47.1 Å². The van der Waals surface area contributed by atoms with E-state index in [4.69, 9.17) is 0 Å². The fourth-order valence-electron chi connectivity index (χ4n) is 4.69. The third kappa shape index (κ3) is 4.06. The van der Waals surface area contributed by atoms with E-state index in [1.165, 1.54) is 23.2 Å². The van der Waals surface area contributed by atoms with Crippen LogP contribution in [0.15, 0.2) is 18.2 Å². The minimum absolute atomic E-state index is 0.00624. The fraction of sp³-hybridized carbons (Fsp3) is 0.682. The summed E-state index contributed by atoms with van der Waals surface area (Å²) >= 11 is 0. The second-order valence-electron chi connectivity index (χ2n) is 8.61. The molecule has 0 radical (unpaired) electrons. The van der Waals surface area contributed by atoms with Crippen LogP contribution < -0.4 is 4.90 Å². The minimum Gasteiger partial charge on any atom is -0.369 e. The van der Waals surface area contributed by atoms with Crippen molar-refractivity contribution in [3.8, 4) is 0 Å². The Hall–Kier alpha value is -1.55. The van der Waals surface area contributed by atoms with Gasteiger partial charge in [0.2, 0.25) is 5.91 Å². The maximum atomic E-state index is 13.0. The van der Waals surface area contributed by atoms with Crippen molar-refractivity contribution in [1.82, 2.24) is 9.80 Å². The average Bonchev–Trinajstić information content (AvgIpc) is 2.62. The highest BCUT2D eigenvalue weighted by Crippen LogP contribution is 2.25. The van der Waals surface area contributed by atoms with Gasteiger partial charge in [0.1, 0.15) is 0 Å². The van der Waals surface area contributed by atoms with E-state index in [0.29, 0.717) is 17.7 Å². The van der Waals surface area contributed by atoms with Crippen LogP contribution in [0.1, 0.15) is 38.3 Å². The van der Waals surface area contributed by atoms with Crippen molar-refractivity contribution >= 4 is 11.6 Å². The Kier molecular flexibility index (Phi) is 5.91. The summed E-state index contributed by atoms with van der Waals surface area (Å²) < 4.78 is 0. The van der Waals surface area contributed by atoms with Crippen LogP contribution in [0.4, 0.5) is 5.69 Å². The molecule has 2 heterocycles. The number of anilines is 1. The van der Waals surface area contributed by atoms with E-state index in [-0.39, 0.29) is 6.04 Å². The first kappa shape index (κ1) is 19.2. The lowest BCUT2D eigenvalue weighted by molar-refractivity contribution is -0.139. The number of piperidine rings is 1. The topological polar surface area (TPSA) is 26.8 Å². The normalized spacial score (nSPS) is 26.0. The third-order valence-corrected chi connectivity index (χ3v) is 6.32. The van der Waals surface area contributed by atoms with E-state index < -0.39 is 0 Å². The smallest absolute Gasteiger partial charge is 0.239 e. The lowest BCUT2D eigenvalue weighted by Crippen LogP contribution is -2.56. The Morgan fingerprint density at radius 1 is 1.04 bits per heavy atom. The molecule has 4 heteroatoms. The number of hydrogen-bond donors (Lipinski definition) is 0. The third-order valence-electron chi connectivity index (χ3n) is 6.32. The summed E-state index contributed by atoms with van der Waals surface area (Å²) in [7, 11) is 0. The van der Waals surface area contributed by atoms with Crippen LogP contribution in [-0.4, -0.2) is 61.0 Å². The van der Waals surface area contributed by atoms with Gasteiger partial charge in [0, 0.05) is 45.0 Å². The van der Waals surface area contributed by atoms with Gasteiger partial charge in [-0.3, -0.25) is 9.69 Å². The number of rotatable bonds is 3. The first-order chi connectivity index (χ1) is 12.4. The van der Waals surface area contributed by atoms with Crippen molar-refractivity contribution in [3.05, 3.63) is 29.3 Å². The summed E-state index contributed by atoms with van der Waals surface area (Å²) in [6.45, 7) is 16.8. The van der Waals surface area contributed by atoms with Crippen molar-refractivity contribution < 1.29 is 4.79 Å². The molecule has 0 spiro atoms. The predicted molar refractivity (Wildman–Crippen MR) is 109 cm³/mol. The summed E-state index contributed by atoms with van der Waals surface area (Å²) in [5.74, 6) is 1.57. The van der Waals surface area contributed by atoms with E-state index in [1.54, 1.807) is 0 Å². The predicted octanol–water partition coefficient (Wildman–Crippen LogP) is 3.32. The van der Waals surface area contributed by atoms with Gasteiger partial charge >= 0.3 is 0 Å². The van der Waals surface area contributed by atoms with Crippen LogP contribution in [0, 0.1) is 25.7 Å². The van der Waals surface area contributed by atoms with Gasteiger partial charge in [-0.15, -0.1) is 0 Å². The molecule has 1 aromatic rings. The second-order valence-corrected chi connectivity index (χ2v) is 8.61. The zero-order valence-corrected chi connectivity index (χ0v) is 17.2.